The van der Waals surface area contributed by atoms with E-state index < -0.39 is 38.2 Å². The summed E-state index contributed by atoms with van der Waals surface area (Å²) in [7, 11) is -3.17. The van der Waals surface area contributed by atoms with E-state index in [1.54, 1.807) is 18.3 Å². The minimum absolute atomic E-state index is 0.0197. The molecule has 3 heterocycles. The molecule has 0 bridgehead atoms. The summed E-state index contributed by atoms with van der Waals surface area (Å²) < 4.78 is 53.9. The van der Waals surface area contributed by atoms with Crippen molar-refractivity contribution in [3.63, 3.8) is 0 Å². The van der Waals surface area contributed by atoms with Crippen molar-refractivity contribution < 1.29 is 22.3 Å². The third-order valence-electron chi connectivity index (χ3n) is 7.56. The molecule has 0 radical (unpaired) electrons. The zero-order valence-corrected chi connectivity index (χ0v) is 24.6. The molecule has 13 heteroatoms. The third kappa shape index (κ3) is 6.09. The van der Waals surface area contributed by atoms with Crippen LogP contribution in [0.15, 0.2) is 36.8 Å². The van der Waals surface area contributed by atoms with E-state index >= 15 is 0 Å². The predicted molar refractivity (Wildman–Crippen MR) is 149 cm³/mol. The fourth-order valence-corrected chi connectivity index (χ4v) is 5.08. The summed E-state index contributed by atoms with van der Waals surface area (Å²) in [4.78, 5) is 13.3. The fraction of sp³-hybridized carbons (Fsp3) is 0.429. The topological polar surface area (TPSA) is 137 Å². The summed E-state index contributed by atoms with van der Waals surface area (Å²) in [5.41, 5.74) is 0.698. The summed E-state index contributed by atoms with van der Waals surface area (Å²) in [6.07, 6.45) is 5.07. The summed E-state index contributed by atoms with van der Waals surface area (Å²) in [6, 6.07) is 5.35. The number of rotatable bonds is 10. The van der Waals surface area contributed by atoms with Crippen molar-refractivity contribution in [2.75, 3.05) is 12.0 Å². The molecule has 2 atom stereocenters. The monoisotopic (exact) mass is 585 g/mol. The molecule has 10 nitrogen and oxygen atoms in total. The zero-order chi connectivity index (χ0) is 30.1. The Bertz CT molecular complexity index is 1680. The van der Waals surface area contributed by atoms with Crippen LogP contribution in [0.25, 0.3) is 17.2 Å². The molecule has 41 heavy (non-hydrogen) atoms. The summed E-state index contributed by atoms with van der Waals surface area (Å²) in [5, 5.41) is 23.0. The molecule has 0 aliphatic rings. The lowest BCUT2D eigenvalue weighted by Gasteiger charge is -2.35. The van der Waals surface area contributed by atoms with Crippen molar-refractivity contribution in [3.8, 4) is 23.0 Å². The normalized spacial score (nSPS) is 14.3. The largest absolute Gasteiger partial charge is 0.505 e. The second kappa shape index (κ2) is 11.6. The molecule has 0 aliphatic heterocycles. The van der Waals surface area contributed by atoms with Crippen LogP contribution in [0.4, 0.5) is 8.78 Å². The highest BCUT2D eigenvalue weighted by Crippen LogP contribution is 2.42. The van der Waals surface area contributed by atoms with Crippen LogP contribution in [-0.2, 0) is 21.7 Å². The molecule has 218 valence electrons. The second-order valence-corrected chi connectivity index (χ2v) is 12.9. The molecule has 4 aromatic rings. The lowest BCUT2D eigenvalue weighted by atomic mass is 9.70. The number of benzene rings is 1. The van der Waals surface area contributed by atoms with Gasteiger partial charge < -0.3 is 5.11 Å². The minimum Gasteiger partial charge on any atom is -0.505 e. The Morgan fingerprint density at radius 1 is 1.10 bits per heavy atom. The number of sulfone groups is 1. The van der Waals surface area contributed by atoms with E-state index in [-0.39, 0.29) is 35.7 Å². The van der Waals surface area contributed by atoms with Gasteiger partial charge in [0.2, 0.25) is 0 Å². The van der Waals surface area contributed by atoms with Crippen LogP contribution in [0.2, 0.25) is 0 Å². The molecule has 1 aromatic carbocycles. The second-order valence-electron chi connectivity index (χ2n) is 10.7. The number of phenols is 1. The zero-order valence-electron chi connectivity index (χ0n) is 23.8. The van der Waals surface area contributed by atoms with Crippen molar-refractivity contribution in [2.45, 2.75) is 58.8 Å². The molecule has 0 aliphatic carbocycles. The van der Waals surface area contributed by atoms with Gasteiger partial charge in [-0.2, -0.15) is 9.78 Å². The van der Waals surface area contributed by atoms with Crippen molar-refractivity contribution in [1.82, 2.24) is 34.9 Å². The highest BCUT2D eigenvalue weighted by molar-refractivity contribution is 7.90. The average molecular weight is 586 g/mol. The molecule has 0 fully saturated rings. The first-order valence-electron chi connectivity index (χ1n) is 13.2. The first-order chi connectivity index (χ1) is 19.3. The van der Waals surface area contributed by atoms with Gasteiger partial charge in [-0.15, -0.1) is 10.2 Å². The van der Waals surface area contributed by atoms with Gasteiger partial charge in [-0.25, -0.2) is 32.2 Å². The van der Waals surface area contributed by atoms with Gasteiger partial charge in [-0.05, 0) is 55.0 Å². The van der Waals surface area contributed by atoms with Crippen LogP contribution in [0.3, 0.4) is 0 Å². The molecule has 0 spiro atoms. The van der Waals surface area contributed by atoms with Gasteiger partial charge in [0, 0.05) is 18.9 Å². The number of aromatic hydroxyl groups is 1. The average Bonchev–Trinajstić information content (AvgIpc) is 3.42. The highest BCUT2D eigenvalue weighted by Gasteiger charge is 2.39. The van der Waals surface area contributed by atoms with Gasteiger partial charge in [-0.1, -0.05) is 27.7 Å². The Balaban J connectivity index is 1.83. The van der Waals surface area contributed by atoms with E-state index in [1.807, 2.05) is 34.6 Å². The summed E-state index contributed by atoms with van der Waals surface area (Å²) in [5.74, 6) is -2.21. The number of aromatic nitrogens is 7. The van der Waals surface area contributed by atoms with Gasteiger partial charge in [0.15, 0.2) is 17.4 Å². The van der Waals surface area contributed by atoms with Crippen molar-refractivity contribution in [2.24, 2.45) is 5.92 Å². The summed E-state index contributed by atoms with van der Waals surface area (Å²) >= 11 is 0. The molecule has 3 aromatic heterocycles. The standard InChI is InChI=1S/C28H33F2N7O3S/c1-7-17(4)18-14-20(24-19(29)8-9-21(38)25(24)30)34-35-26(18)28(5,16(2)3)22-10-12-31-27(33-22)37-15-32-23(36-37)11-13-41(6,39)40/h8-10,12,14-17,38H,7,11,13H2,1-6H3/t17-,28-/m0/s1. The lowest BCUT2D eigenvalue weighted by Crippen LogP contribution is -2.35. The molecule has 0 saturated heterocycles. The van der Waals surface area contributed by atoms with Crippen molar-refractivity contribution >= 4 is 9.84 Å². The maximum atomic E-state index is 14.8. The SMILES string of the molecule is CC[C@H](C)c1cc(-c2c(F)ccc(O)c2F)nnc1[C@](C)(c1ccnc(-n2cnc(CCS(C)(=O)=O)n2)n1)C(C)C. The number of halogens is 2. The Labute approximate surface area is 237 Å². The molecule has 4 rings (SSSR count). The van der Waals surface area contributed by atoms with Gasteiger partial charge in [0.25, 0.3) is 5.95 Å². The van der Waals surface area contributed by atoms with E-state index in [0.717, 1.165) is 30.4 Å². The quantitative estimate of drug-likeness (QED) is 0.284. The molecule has 0 saturated carbocycles. The lowest BCUT2D eigenvalue weighted by molar-refractivity contribution is 0.374. The van der Waals surface area contributed by atoms with E-state index in [9.17, 15) is 22.3 Å². The molecule has 0 amide bonds. The van der Waals surface area contributed by atoms with Crippen LogP contribution in [0.5, 0.6) is 5.75 Å². The van der Waals surface area contributed by atoms with E-state index in [4.69, 9.17) is 4.98 Å². The van der Waals surface area contributed by atoms with Crippen LogP contribution >= 0.6 is 0 Å². The number of phenolic OH excluding ortho intramolecular Hbond substituents is 1. The van der Waals surface area contributed by atoms with Crippen molar-refractivity contribution in [3.05, 3.63) is 71.2 Å². The van der Waals surface area contributed by atoms with Crippen LogP contribution < -0.4 is 0 Å². The number of nitrogens with zero attached hydrogens (tertiary/aromatic N) is 7. The molecular formula is C28H33F2N7O3S. The highest BCUT2D eigenvalue weighted by atomic mass is 32.2. The van der Waals surface area contributed by atoms with E-state index in [0.29, 0.717) is 17.2 Å². The molecule has 1 N–H and O–H groups in total. The number of aryl methyl sites for hydroxylation is 1. The first-order valence-corrected chi connectivity index (χ1v) is 15.3. The Morgan fingerprint density at radius 2 is 1.83 bits per heavy atom. The Hall–Kier alpha value is -3.87. The van der Waals surface area contributed by atoms with E-state index in [1.165, 1.54) is 11.0 Å². The van der Waals surface area contributed by atoms with Gasteiger partial charge in [0.1, 0.15) is 22.0 Å². The molecular weight excluding hydrogens is 552 g/mol. The van der Waals surface area contributed by atoms with Crippen molar-refractivity contribution in [1.29, 1.82) is 0 Å². The minimum atomic E-state index is -3.17. The van der Waals surface area contributed by atoms with Gasteiger partial charge >= 0.3 is 0 Å². The smallest absolute Gasteiger partial charge is 0.252 e. The first kappa shape index (κ1) is 30.1. The van der Waals surface area contributed by atoms with Gasteiger partial charge in [-0.3, -0.25) is 0 Å². The van der Waals surface area contributed by atoms with Crippen LogP contribution in [0.1, 0.15) is 69.7 Å². The van der Waals surface area contributed by atoms with Crippen LogP contribution in [0, 0.1) is 17.6 Å². The predicted octanol–water partition coefficient (Wildman–Crippen LogP) is 4.56. The van der Waals surface area contributed by atoms with Gasteiger partial charge in [0.05, 0.1) is 33.8 Å². The maximum absolute atomic E-state index is 14.8. The molecule has 0 unspecified atom stereocenters. The maximum Gasteiger partial charge on any atom is 0.252 e. The van der Waals surface area contributed by atoms with Crippen LogP contribution in [-0.4, -0.2) is 60.5 Å². The number of hydrogen-bond donors (Lipinski definition) is 1. The Morgan fingerprint density at radius 3 is 2.49 bits per heavy atom. The Kier molecular flexibility index (Phi) is 8.48. The summed E-state index contributed by atoms with van der Waals surface area (Å²) in [6.45, 7) is 10.0. The number of hydrogen-bond acceptors (Lipinski definition) is 9. The van der Waals surface area contributed by atoms with E-state index in [2.05, 4.69) is 25.3 Å². The fourth-order valence-electron chi connectivity index (χ4n) is 4.53. The third-order valence-corrected chi connectivity index (χ3v) is 8.50.